The summed E-state index contributed by atoms with van der Waals surface area (Å²) in [5, 5.41) is 0. The van der Waals surface area contributed by atoms with E-state index in [0.29, 0.717) is 35.9 Å². The number of methoxy groups -OCH3 is 2. The molecule has 1 fully saturated rings. The monoisotopic (exact) mass is 545 g/mol. The Kier molecular flexibility index (Phi) is 8.15. The molecule has 4 rings (SSSR count). The number of carbonyl (C=O) groups excluding carboxylic acids is 2. The summed E-state index contributed by atoms with van der Waals surface area (Å²) in [6.45, 7) is 4.51. The first-order valence-electron chi connectivity index (χ1n) is 12.1. The standard InChI is InChI=1S/C26H31N3O6S2/c1-17(2)18-7-12-22-23(14-18)36-26(29(22)16-24(30)35-4)27-25(31)19-6-5-13-28(15-19)37(32,33)21-10-8-20(34-3)9-11-21/h7-12,14,17,19H,5-6,13,15-16H2,1-4H3. The van der Waals surface area contributed by atoms with Gasteiger partial charge in [-0.05, 0) is 60.7 Å². The summed E-state index contributed by atoms with van der Waals surface area (Å²) >= 11 is 1.33. The van der Waals surface area contributed by atoms with E-state index in [1.807, 2.05) is 18.2 Å². The minimum atomic E-state index is -3.77. The van der Waals surface area contributed by atoms with Gasteiger partial charge < -0.3 is 14.0 Å². The number of nitrogens with zero attached hydrogens (tertiary/aromatic N) is 3. The van der Waals surface area contributed by atoms with E-state index in [2.05, 4.69) is 18.8 Å². The number of hydrogen-bond acceptors (Lipinski definition) is 7. The molecule has 1 unspecified atom stereocenters. The molecule has 0 N–H and O–H groups in total. The number of aromatic nitrogens is 1. The predicted octanol–water partition coefficient (Wildman–Crippen LogP) is 3.54. The van der Waals surface area contributed by atoms with Crippen LogP contribution in [0.5, 0.6) is 5.75 Å². The molecule has 0 saturated carbocycles. The van der Waals surface area contributed by atoms with E-state index in [4.69, 9.17) is 9.47 Å². The van der Waals surface area contributed by atoms with Crippen LogP contribution in [-0.4, -0.2) is 56.5 Å². The molecule has 198 valence electrons. The molecule has 0 bridgehead atoms. The van der Waals surface area contributed by atoms with Crippen molar-refractivity contribution in [3.63, 3.8) is 0 Å². The largest absolute Gasteiger partial charge is 0.497 e. The van der Waals surface area contributed by atoms with Crippen molar-refractivity contribution in [1.82, 2.24) is 8.87 Å². The second-order valence-electron chi connectivity index (χ2n) is 9.26. The lowest BCUT2D eigenvalue weighted by Crippen LogP contribution is -2.42. The van der Waals surface area contributed by atoms with Crippen LogP contribution in [0, 0.1) is 5.92 Å². The van der Waals surface area contributed by atoms with Gasteiger partial charge in [-0.1, -0.05) is 31.3 Å². The second kappa shape index (κ2) is 11.2. The van der Waals surface area contributed by atoms with Crippen LogP contribution in [0.25, 0.3) is 10.2 Å². The van der Waals surface area contributed by atoms with Gasteiger partial charge in [0.15, 0.2) is 4.80 Å². The molecule has 1 aliphatic rings. The number of hydrogen-bond donors (Lipinski definition) is 0. The summed E-state index contributed by atoms with van der Waals surface area (Å²) in [4.78, 5) is 30.3. The number of piperidine rings is 1. The lowest BCUT2D eigenvalue weighted by atomic mass is 9.99. The smallest absolute Gasteiger partial charge is 0.325 e. The van der Waals surface area contributed by atoms with Crippen molar-refractivity contribution in [1.29, 1.82) is 0 Å². The molecule has 1 atom stereocenters. The van der Waals surface area contributed by atoms with Crippen molar-refractivity contribution in [2.45, 2.75) is 44.0 Å². The Morgan fingerprint density at radius 2 is 1.86 bits per heavy atom. The van der Waals surface area contributed by atoms with Crippen molar-refractivity contribution in [3.05, 3.63) is 52.8 Å². The van der Waals surface area contributed by atoms with Gasteiger partial charge in [0.1, 0.15) is 12.3 Å². The Bertz CT molecular complexity index is 1470. The molecule has 1 aromatic heterocycles. The van der Waals surface area contributed by atoms with Crippen LogP contribution in [0.2, 0.25) is 0 Å². The molecule has 1 amide bonds. The Hall–Kier alpha value is -3.02. The minimum absolute atomic E-state index is 0.0517. The summed E-state index contributed by atoms with van der Waals surface area (Å²) in [5.74, 6) is -0.540. The minimum Gasteiger partial charge on any atom is -0.497 e. The van der Waals surface area contributed by atoms with E-state index in [1.165, 1.54) is 42.0 Å². The third-order valence-corrected chi connectivity index (χ3v) is 9.45. The van der Waals surface area contributed by atoms with Gasteiger partial charge in [0, 0.05) is 13.1 Å². The molecule has 37 heavy (non-hydrogen) atoms. The predicted molar refractivity (Wildman–Crippen MR) is 141 cm³/mol. The first kappa shape index (κ1) is 27.0. The van der Waals surface area contributed by atoms with E-state index < -0.39 is 27.8 Å². The van der Waals surface area contributed by atoms with Gasteiger partial charge in [-0.25, -0.2) is 8.42 Å². The van der Waals surface area contributed by atoms with Gasteiger partial charge in [0.25, 0.3) is 5.91 Å². The Labute approximate surface area is 220 Å². The number of esters is 1. The fraction of sp³-hybridized carbons (Fsp3) is 0.423. The molecule has 1 saturated heterocycles. The van der Waals surface area contributed by atoms with Crippen LogP contribution in [0.3, 0.4) is 0 Å². The molecular weight excluding hydrogens is 514 g/mol. The maximum absolute atomic E-state index is 13.3. The molecule has 0 radical (unpaired) electrons. The van der Waals surface area contributed by atoms with Crippen LogP contribution in [0.15, 0.2) is 52.4 Å². The fourth-order valence-electron chi connectivity index (χ4n) is 4.33. The maximum Gasteiger partial charge on any atom is 0.325 e. The normalized spacial score (nSPS) is 17.3. The molecular formula is C26H31N3O6S2. The Morgan fingerprint density at radius 3 is 2.51 bits per heavy atom. The number of sulfonamides is 1. The van der Waals surface area contributed by atoms with E-state index in [1.54, 1.807) is 16.7 Å². The van der Waals surface area contributed by atoms with Crippen molar-refractivity contribution in [2.24, 2.45) is 10.9 Å². The number of rotatable bonds is 7. The topological polar surface area (TPSA) is 107 Å². The first-order chi connectivity index (χ1) is 17.6. The Balaban J connectivity index is 1.64. The first-order valence-corrected chi connectivity index (χ1v) is 14.3. The zero-order chi connectivity index (χ0) is 26.7. The molecule has 0 aliphatic carbocycles. The van der Waals surface area contributed by atoms with Crippen LogP contribution in [0.1, 0.15) is 38.2 Å². The summed E-state index contributed by atoms with van der Waals surface area (Å²) < 4.78 is 40.3. The lowest BCUT2D eigenvalue weighted by Gasteiger charge is -2.30. The maximum atomic E-state index is 13.3. The zero-order valence-corrected chi connectivity index (χ0v) is 23.0. The number of thiazole rings is 1. The van der Waals surface area contributed by atoms with Crippen molar-refractivity contribution in [2.75, 3.05) is 27.3 Å². The number of benzene rings is 2. The molecule has 0 spiro atoms. The lowest BCUT2D eigenvalue weighted by molar-refractivity contribution is -0.141. The fourth-order valence-corrected chi connectivity index (χ4v) is 6.93. The zero-order valence-electron chi connectivity index (χ0n) is 21.3. The quantitative estimate of drug-likeness (QED) is 0.421. The third-order valence-electron chi connectivity index (χ3n) is 6.52. The van der Waals surface area contributed by atoms with Gasteiger partial charge in [-0.2, -0.15) is 9.30 Å². The molecule has 3 aromatic rings. The second-order valence-corrected chi connectivity index (χ2v) is 12.2. The third kappa shape index (κ3) is 5.78. The van der Waals surface area contributed by atoms with Crippen LogP contribution in [-0.2, 0) is 30.9 Å². The highest BCUT2D eigenvalue weighted by Crippen LogP contribution is 2.27. The highest BCUT2D eigenvalue weighted by Gasteiger charge is 2.33. The summed E-state index contributed by atoms with van der Waals surface area (Å²) in [5.41, 5.74) is 1.93. The van der Waals surface area contributed by atoms with Gasteiger partial charge >= 0.3 is 5.97 Å². The number of fused-ring (bicyclic) bond motifs is 1. The van der Waals surface area contributed by atoms with E-state index in [-0.39, 0.29) is 18.0 Å². The van der Waals surface area contributed by atoms with Crippen molar-refractivity contribution < 1.29 is 27.5 Å². The van der Waals surface area contributed by atoms with Crippen LogP contribution >= 0.6 is 11.3 Å². The van der Waals surface area contributed by atoms with E-state index >= 15 is 0 Å². The molecule has 2 aromatic carbocycles. The van der Waals surface area contributed by atoms with Crippen molar-refractivity contribution in [3.8, 4) is 5.75 Å². The molecule has 2 heterocycles. The van der Waals surface area contributed by atoms with Crippen LogP contribution in [0.4, 0.5) is 0 Å². The molecule has 1 aliphatic heterocycles. The highest BCUT2D eigenvalue weighted by atomic mass is 32.2. The average Bonchev–Trinajstić information content (AvgIpc) is 3.24. The van der Waals surface area contributed by atoms with E-state index in [0.717, 1.165) is 15.8 Å². The van der Waals surface area contributed by atoms with Crippen LogP contribution < -0.4 is 9.54 Å². The van der Waals surface area contributed by atoms with E-state index in [9.17, 15) is 18.0 Å². The van der Waals surface area contributed by atoms with Gasteiger partial charge in [-0.3, -0.25) is 9.59 Å². The SMILES string of the molecule is COC(=O)Cn1c(=NC(=O)C2CCCN(S(=O)(=O)c3ccc(OC)cc3)C2)sc2cc(C(C)C)ccc21. The van der Waals surface area contributed by atoms with Gasteiger partial charge in [0.2, 0.25) is 10.0 Å². The Morgan fingerprint density at radius 1 is 1.14 bits per heavy atom. The summed E-state index contributed by atoms with van der Waals surface area (Å²) in [7, 11) is -0.935. The average molecular weight is 546 g/mol. The number of carbonyl (C=O) groups is 2. The summed E-state index contributed by atoms with van der Waals surface area (Å²) in [6.07, 6.45) is 1.09. The highest BCUT2D eigenvalue weighted by molar-refractivity contribution is 7.89. The summed E-state index contributed by atoms with van der Waals surface area (Å²) in [6, 6.07) is 12.2. The number of amides is 1. The number of ether oxygens (including phenoxy) is 2. The molecule has 9 nitrogen and oxygen atoms in total. The molecule has 11 heteroatoms. The van der Waals surface area contributed by atoms with Gasteiger partial charge in [0.05, 0.1) is 35.2 Å². The van der Waals surface area contributed by atoms with Gasteiger partial charge in [-0.15, -0.1) is 0 Å². The van der Waals surface area contributed by atoms with Crippen molar-refractivity contribution >= 4 is 43.5 Å².